The first-order chi connectivity index (χ1) is 10.6. The molecule has 2 atom stereocenters. The van der Waals surface area contributed by atoms with Crippen molar-refractivity contribution in [3.63, 3.8) is 0 Å². The van der Waals surface area contributed by atoms with Gasteiger partial charge in [-0.2, -0.15) is 5.10 Å². The second-order valence-electron chi connectivity index (χ2n) is 5.82. The van der Waals surface area contributed by atoms with Crippen LogP contribution in [0, 0.1) is 12.8 Å². The number of hydrogen-bond acceptors (Lipinski definition) is 3. The van der Waals surface area contributed by atoms with Crippen LogP contribution in [0.5, 0.6) is 5.75 Å². The summed E-state index contributed by atoms with van der Waals surface area (Å²) in [7, 11) is 0. The van der Waals surface area contributed by atoms with Crippen LogP contribution in [0.3, 0.4) is 0 Å². The van der Waals surface area contributed by atoms with Crippen molar-refractivity contribution in [1.29, 1.82) is 0 Å². The molecule has 0 amide bonds. The summed E-state index contributed by atoms with van der Waals surface area (Å²) in [6, 6.07) is 9.78. The molecule has 1 heterocycles. The summed E-state index contributed by atoms with van der Waals surface area (Å²) in [4.78, 5) is 11.4. The highest BCUT2D eigenvalue weighted by atomic mass is 16.5. The van der Waals surface area contributed by atoms with Crippen LogP contribution in [0.25, 0.3) is 0 Å². The lowest BCUT2D eigenvalue weighted by molar-refractivity contribution is -0.139. The maximum Gasteiger partial charge on any atom is 0.307 e. The van der Waals surface area contributed by atoms with Gasteiger partial charge in [0.2, 0.25) is 0 Å². The van der Waals surface area contributed by atoms with Crippen molar-refractivity contribution < 1.29 is 14.6 Å². The molecule has 0 bridgehead atoms. The predicted molar refractivity (Wildman–Crippen MR) is 82.0 cm³/mol. The molecule has 5 nitrogen and oxygen atoms in total. The number of aryl methyl sites for hydroxylation is 1. The van der Waals surface area contributed by atoms with Crippen LogP contribution >= 0.6 is 0 Å². The van der Waals surface area contributed by atoms with Crippen molar-refractivity contribution in [3.8, 4) is 5.75 Å². The molecule has 2 aromatic rings. The van der Waals surface area contributed by atoms with Gasteiger partial charge in [0.1, 0.15) is 0 Å². The SMILES string of the molecule is CCn1ncc(OCC2(c3ccccc3)CC2C(=O)O)c1C. The van der Waals surface area contributed by atoms with E-state index in [1.54, 1.807) is 6.20 Å². The minimum absolute atomic E-state index is 0.365. The van der Waals surface area contributed by atoms with E-state index in [4.69, 9.17) is 4.74 Å². The van der Waals surface area contributed by atoms with Crippen molar-refractivity contribution in [1.82, 2.24) is 9.78 Å². The van der Waals surface area contributed by atoms with Gasteiger partial charge in [-0.25, -0.2) is 0 Å². The zero-order chi connectivity index (χ0) is 15.7. The molecule has 1 aromatic carbocycles. The Morgan fingerprint density at radius 3 is 2.73 bits per heavy atom. The molecular formula is C17H20N2O3. The Balaban J connectivity index is 1.81. The van der Waals surface area contributed by atoms with Crippen LogP contribution in [0.4, 0.5) is 0 Å². The lowest BCUT2D eigenvalue weighted by Gasteiger charge is -2.18. The number of ether oxygens (including phenoxy) is 1. The summed E-state index contributed by atoms with van der Waals surface area (Å²) < 4.78 is 7.80. The van der Waals surface area contributed by atoms with Crippen LogP contribution in [-0.4, -0.2) is 27.5 Å². The third kappa shape index (κ3) is 2.36. The Labute approximate surface area is 129 Å². The third-order valence-corrected chi connectivity index (χ3v) is 4.56. The minimum Gasteiger partial charge on any atom is -0.489 e. The molecule has 5 heteroatoms. The van der Waals surface area contributed by atoms with Crippen LogP contribution in [-0.2, 0) is 16.8 Å². The molecule has 1 aliphatic carbocycles. The molecule has 0 saturated heterocycles. The molecule has 0 radical (unpaired) electrons. The van der Waals surface area contributed by atoms with Gasteiger partial charge in [0.15, 0.2) is 5.75 Å². The molecule has 116 valence electrons. The molecule has 1 aliphatic rings. The van der Waals surface area contributed by atoms with Crippen LogP contribution < -0.4 is 4.74 Å². The summed E-state index contributed by atoms with van der Waals surface area (Å²) in [5.41, 5.74) is 1.58. The van der Waals surface area contributed by atoms with Crippen molar-refractivity contribution in [2.45, 2.75) is 32.2 Å². The molecule has 22 heavy (non-hydrogen) atoms. The lowest BCUT2D eigenvalue weighted by Crippen LogP contribution is -2.23. The summed E-state index contributed by atoms with van der Waals surface area (Å²) in [6.07, 6.45) is 2.32. The molecule has 0 spiro atoms. The van der Waals surface area contributed by atoms with E-state index < -0.39 is 11.4 Å². The first-order valence-corrected chi connectivity index (χ1v) is 7.52. The average molecular weight is 300 g/mol. The largest absolute Gasteiger partial charge is 0.489 e. The van der Waals surface area contributed by atoms with E-state index in [2.05, 4.69) is 5.10 Å². The Morgan fingerprint density at radius 1 is 1.45 bits per heavy atom. The normalized spacial score (nSPS) is 23.3. The van der Waals surface area contributed by atoms with Gasteiger partial charge in [-0.05, 0) is 25.8 Å². The molecule has 1 fully saturated rings. The van der Waals surface area contributed by atoms with Crippen LogP contribution in [0.15, 0.2) is 36.5 Å². The van der Waals surface area contributed by atoms with Crippen LogP contribution in [0.2, 0.25) is 0 Å². The monoisotopic (exact) mass is 300 g/mol. The topological polar surface area (TPSA) is 64.4 Å². The van der Waals surface area contributed by atoms with E-state index in [1.165, 1.54) is 0 Å². The number of hydrogen-bond donors (Lipinski definition) is 1. The van der Waals surface area contributed by atoms with Crippen molar-refractivity contribution in [2.75, 3.05) is 6.61 Å². The average Bonchev–Trinajstić information content (AvgIpc) is 3.18. The second-order valence-corrected chi connectivity index (χ2v) is 5.82. The smallest absolute Gasteiger partial charge is 0.307 e. The molecule has 0 aliphatic heterocycles. The highest BCUT2D eigenvalue weighted by molar-refractivity contribution is 5.77. The van der Waals surface area contributed by atoms with Gasteiger partial charge in [-0.15, -0.1) is 0 Å². The second kappa shape index (κ2) is 5.48. The number of rotatable bonds is 6. The van der Waals surface area contributed by atoms with Gasteiger partial charge in [0.25, 0.3) is 0 Å². The zero-order valence-electron chi connectivity index (χ0n) is 12.8. The highest BCUT2D eigenvalue weighted by Crippen LogP contribution is 2.54. The Bertz CT molecular complexity index is 680. The van der Waals surface area contributed by atoms with Gasteiger partial charge in [0, 0.05) is 12.0 Å². The maximum atomic E-state index is 11.4. The van der Waals surface area contributed by atoms with E-state index in [0.717, 1.165) is 23.6 Å². The Morgan fingerprint density at radius 2 is 2.18 bits per heavy atom. The van der Waals surface area contributed by atoms with E-state index >= 15 is 0 Å². The van der Waals surface area contributed by atoms with Gasteiger partial charge in [-0.1, -0.05) is 30.3 Å². The molecule has 1 N–H and O–H groups in total. The van der Waals surface area contributed by atoms with Crippen molar-refractivity contribution in [3.05, 3.63) is 47.8 Å². The molecule has 1 saturated carbocycles. The number of carboxylic acid groups (broad SMARTS) is 1. The molecular weight excluding hydrogens is 280 g/mol. The number of nitrogens with zero attached hydrogens (tertiary/aromatic N) is 2. The quantitative estimate of drug-likeness (QED) is 0.890. The number of benzene rings is 1. The van der Waals surface area contributed by atoms with Crippen molar-refractivity contribution >= 4 is 5.97 Å². The summed E-state index contributed by atoms with van der Waals surface area (Å²) in [6.45, 7) is 5.14. The fourth-order valence-electron chi connectivity index (χ4n) is 3.06. The van der Waals surface area contributed by atoms with Gasteiger partial charge >= 0.3 is 5.97 Å². The van der Waals surface area contributed by atoms with E-state index in [9.17, 15) is 9.90 Å². The highest BCUT2D eigenvalue weighted by Gasteiger charge is 2.60. The minimum atomic E-state index is -0.756. The van der Waals surface area contributed by atoms with Gasteiger partial charge in [0.05, 0.1) is 24.4 Å². The predicted octanol–water partition coefficient (Wildman–Crippen LogP) is 2.63. The summed E-state index contributed by atoms with van der Waals surface area (Å²) in [5, 5.41) is 13.6. The fraction of sp³-hybridized carbons (Fsp3) is 0.412. The first-order valence-electron chi connectivity index (χ1n) is 7.52. The van der Waals surface area contributed by atoms with E-state index in [0.29, 0.717) is 13.0 Å². The van der Waals surface area contributed by atoms with Crippen LogP contribution in [0.1, 0.15) is 24.6 Å². The summed E-state index contributed by atoms with van der Waals surface area (Å²) in [5.74, 6) is -0.405. The molecule has 1 aromatic heterocycles. The maximum absolute atomic E-state index is 11.4. The summed E-state index contributed by atoms with van der Waals surface area (Å²) >= 11 is 0. The standard InChI is InChI=1S/C17H20N2O3/c1-3-19-12(2)15(10-18-19)22-11-17(9-14(17)16(20)21)13-7-5-4-6-8-13/h4-8,10,14H,3,9,11H2,1-2H3,(H,20,21). The van der Waals surface area contributed by atoms with Gasteiger partial charge in [-0.3, -0.25) is 9.48 Å². The van der Waals surface area contributed by atoms with Crippen molar-refractivity contribution in [2.24, 2.45) is 5.92 Å². The molecule has 3 rings (SSSR count). The lowest BCUT2D eigenvalue weighted by atomic mass is 9.94. The van der Waals surface area contributed by atoms with Gasteiger partial charge < -0.3 is 9.84 Å². The third-order valence-electron chi connectivity index (χ3n) is 4.56. The van der Waals surface area contributed by atoms with E-state index in [1.807, 2.05) is 48.9 Å². The Hall–Kier alpha value is -2.30. The first kappa shape index (κ1) is 14.6. The number of carbonyl (C=O) groups is 1. The Kier molecular flexibility index (Phi) is 3.64. The number of aromatic nitrogens is 2. The molecule has 2 unspecified atom stereocenters. The van der Waals surface area contributed by atoms with E-state index in [-0.39, 0.29) is 5.92 Å². The number of aliphatic carboxylic acids is 1. The fourth-order valence-corrected chi connectivity index (χ4v) is 3.06. The number of carboxylic acids is 1. The zero-order valence-corrected chi connectivity index (χ0v) is 12.8.